The van der Waals surface area contributed by atoms with Gasteiger partial charge < -0.3 is 10.6 Å². The fraction of sp³-hybridized carbons (Fsp3) is 0.222. The van der Waals surface area contributed by atoms with Crippen molar-refractivity contribution in [3.8, 4) is 0 Å². The Kier molecular flexibility index (Phi) is 7.17. The van der Waals surface area contributed by atoms with Crippen LogP contribution in [0.25, 0.3) is 0 Å². The molecule has 2 rings (SSSR count). The molecule has 0 heterocycles. The van der Waals surface area contributed by atoms with Gasteiger partial charge in [-0.1, -0.05) is 35.3 Å². The first-order valence-electron chi connectivity index (χ1n) is 7.55. The van der Waals surface area contributed by atoms with Crippen LogP contribution in [-0.4, -0.2) is 23.3 Å². The van der Waals surface area contributed by atoms with Gasteiger partial charge in [0.15, 0.2) is 0 Å². The largest absolute Gasteiger partial charge is 0.325 e. The molecule has 0 aromatic heterocycles. The molecule has 0 radical (unpaired) electrons. The Morgan fingerprint density at radius 3 is 2.24 bits per heavy atom. The van der Waals surface area contributed by atoms with Crippen molar-refractivity contribution in [1.82, 2.24) is 0 Å². The van der Waals surface area contributed by atoms with Crippen LogP contribution in [-0.2, 0) is 9.59 Å². The molecule has 0 aliphatic heterocycles. The van der Waals surface area contributed by atoms with Gasteiger partial charge in [0.2, 0.25) is 11.8 Å². The minimum absolute atomic E-state index is 0.174. The summed E-state index contributed by atoms with van der Waals surface area (Å²) < 4.78 is 0. The number of carbonyl (C=O) groups excluding carboxylic acids is 2. The van der Waals surface area contributed by atoms with E-state index in [0.29, 0.717) is 21.4 Å². The summed E-state index contributed by atoms with van der Waals surface area (Å²) >= 11 is 13.2. The molecule has 0 aliphatic carbocycles. The molecule has 2 aromatic rings. The SMILES string of the molecule is Cc1ccc(NC(=O)CSCC(=O)Nc2cc(Cl)ccc2C)cc1Cl. The van der Waals surface area contributed by atoms with Crippen molar-refractivity contribution in [1.29, 1.82) is 0 Å². The Balaban J connectivity index is 1.77. The average molecular weight is 397 g/mol. The number of rotatable bonds is 6. The van der Waals surface area contributed by atoms with Crippen LogP contribution in [0.3, 0.4) is 0 Å². The van der Waals surface area contributed by atoms with E-state index in [9.17, 15) is 9.59 Å². The third-order valence-electron chi connectivity index (χ3n) is 3.40. The standard InChI is InChI=1S/C18H18Cl2N2O2S/c1-11-4-6-14(8-15(11)20)21-17(23)9-25-10-18(24)22-16-7-13(19)5-3-12(16)2/h3-8H,9-10H2,1-2H3,(H,21,23)(H,22,24). The van der Waals surface area contributed by atoms with E-state index in [1.807, 2.05) is 26.0 Å². The molecule has 4 nitrogen and oxygen atoms in total. The average Bonchev–Trinajstić information content (AvgIpc) is 2.54. The lowest BCUT2D eigenvalue weighted by molar-refractivity contribution is -0.114. The molecule has 2 amide bonds. The second-order valence-corrected chi connectivity index (χ2v) is 7.34. The normalized spacial score (nSPS) is 10.4. The molecule has 0 saturated carbocycles. The third-order valence-corrected chi connectivity index (χ3v) is 4.97. The van der Waals surface area contributed by atoms with E-state index in [1.165, 1.54) is 11.8 Å². The minimum Gasteiger partial charge on any atom is -0.325 e. The maximum atomic E-state index is 12.0. The van der Waals surface area contributed by atoms with Gasteiger partial charge in [-0.2, -0.15) is 0 Å². The Hall–Kier alpha value is -1.69. The Morgan fingerprint density at radius 2 is 1.56 bits per heavy atom. The van der Waals surface area contributed by atoms with Gasteiger partial charge in [-0.25, -0.2) is 0 Å². The molecule has 132 valence electrons. The molecule has 7 heteroatoms. The van der Waals surface area contributed by atoms with Crippen molar-refractivity contribution in [2.45, 2.75) is 13.8 Å². The van der Waals surface area contributed by atoms with Gasteiger partial charge in [0, 0.05) is 21.4 Å². The number of amides is 2. The van der Waals surface area contributed by atoms with Crippen LogP contribution < -0.4 is 10.6 Å². The van der Waals surface area contributed by atoms with Crippen LogP contribution in [0.4, 0.5) is 11.4 Å². The maximum absolute atomic E-state index is 12.0. The van der Waals surface area contributed by atoms with E-state index >= 15 is 0 Å². The Labute approximate surface area is 161 Å². The van der Waals surface area contributed by atoms with Crippen molar-refractivity contribution in [2.24, 2.45) is 0 Å². The predicted octanol–water partition coefficient (Wildman–Crippen LogP) is 4.92. The second kappa shape index (κ2) is 9.13. The number of hydrogen-bond acceptors (Lipinski definition) is 3. The van der Waals surface area contributed by atoms with Crippen LogP contribution in [0, 0.1) is 13.8 Å². The first-order chi connectivity index (χ1) is 11.8. The number of nitrogens with one attached hydrogen (secondary N) is 2. The van der Waals surface area contributed by atoms with Crippen molar-refractivity contribution in [2.75, 3.05) is 22.1 Å². The zero-order valence-electron chi connectivity index (χ0n) is 13.9. The summed E-state index contributed by atoms with van der Waals surface area (Å²) in [5, 5.41) is 6.71. The lowest BCUT2D eigenvalue weighted by atomic mass is 10.2. The van der Waals surface area contributed by atoms with Crippen molar-refractivity contribution in [3.63, 3.8) is 0 Å². The van der Waals surface area contributed by atoms with Crippen LogP contribution in [0.5, 0.6) is 0 Å². The number of benzene rings is 2. The molecule has 2 N–H and O–H groups in total. The molecule has 0 atom stereocenters. The molecular formula is C18H18Cl2N2O2S. The number of anilines is 2. The highest BCUT2D eigenvalue weighted by Crippen LogP contribution is 2.21. The van der Waals surface area contributed by atoms with Crippen LogP contribution >= 0.6 is 35.0 Å². The summed E-state index contributed by atoms with van der Waals surface area (Å²) in [4.78, 5) is 23.9. The molecule has 25 heavy (non-hydrogen) atoms. The maximum Gasteiger partial charge on any atom is 0.234 e. The summed E-state index contributed by atoms with van der Waals surface area (Å²) in [6.45, 7) is 3.78. The highest BCUT2D eigenvalue weighted by atomic mass is 35.5. The number of halogens is 2. The number of carbonyl (C=O) groups is 2. The highest BCUT2D eigenvalue weighted by molar-refractivity contribution is 8.00. The van der Waals surface area contributed by atoms with Gasteiger partial charge in [-0.3, -0.25) is 9.59 Å². The molecule has 0 unspecified atom stereocenters. The lowest BCUT2D eigenvalue weighted by Gasteiger charge is -2.09. The number of aryl methyl sites for hydroxylation is 2. The zero-order chi connectivity index (χ0) is 18.4. The summed E-state index contributed by atoms with van der Waals surface area (Å²) in [5.74, 6) is -0.0141. The second-order valence-electron chi connectivity index (χ2n) is 5.51. The smallest absolute Gasteiger partial charge is 0.234 e. The molecule has 0 aliphatic rings. The topological polar surface area (TPSA) is 58.2 Å². The lowest BCUT2D eigenvalue weighted by Crippen LogP contribution is -2.18. The van der Waals surface area contributed by atoms with Crippen molar-refractivity contribution < 1.29 is 9.59 Å². The molecule has 0 fully saturated rings. The van der Waals surface area contributed by atoms with E-state index in [-0.39, 0.29) is 23.3 Å². The van der Waals surface area contributed by atoms with Gasteiger partial charge in [-0.15, -0.1) is 11.8 Å². The Morgan fingerprint density at radius 1 is 0.920 bits per heavy atom. The summed E-state index contributed by atoms with van der Waals surface area (Å²) in [6.07, 6.45) is 0. The quantitative estimate of drug-likeness (QED) is 0.728. The van der Waals surface area contributed by atoms with Gasteiger partial charge in [0.1, 0.15) is 0 Å². The monoisotopic (exact) mass is 396 g/mol. The van der Waals surface area contributed by atoms with E-state index in [2.05, 4.69) is 10.6 Å². The minimum atomic E-state index is -0.184. The van der Waals surface area contributed by atoms with Gasteiger partial charge in [-0.05, 0) is 49.2 Å². The predicted molar refractivity (Wildman–Crippen MR) is 107 cm³/mol. The molecule has 2 aromatic carbocycles. The number of thioether (sulfide) groups is 1. The van der Waals surface area contributed by atoms with Crippen LogP contribution in [0.1, 0.15) is 11.1 Å². The first kappa shape index (κ1) is 19.6. The van der Waals surface area contributed by atoms with E-state index in [4.69, 9.17) is 23.2 Å². The highest BCUT2D eigenvalue weighted by Gasteiger charge is 2.09. The molecule has 0 spiro atoms. The molecule has 0 bridgehead atoms. The summed E-state index contributed by atoms with van der Waals surface area (Å²) in [5.41, 5.74) is 3.19. The van der Waals surface area contributed by atoms with E-state index in [0.717, 1.165) is 11.1 Å². The molecule has 0 saturated heterocycles. The zero-order valence-corrected chi connectivity index (χ0v) is 16.2. The molecular weight excluding hydrogens is 379 g/mol. The van der Waals surface area contributed by atoms with Gasteiger partial charge in [0.25, 0.3) is 0 Å². The fourth-order valence-corrected chi connectivity index (χ4v) is 2.99. The summed E-state index contributed by atoms with van der Waals surface area (Å²) in [7, 11) is 0. The van der Waals surface area contributed by atoms with Crippen molar-refractivity contribution in [3.05, 3.63) is 57.6 Å². The van der Waals surface area contributed by atoms with Crippen LogP contribution in [0.15, 0.2) is 36.4 Å². The van der Waals surface area contributed by atoms with Gasteiger partial charge >= 0.3 is 0 Å². The summed E-state index contributed by atoms with van der Waals surface area (Å²) in [6, 6.07) is 10.6. The van der Waals surface area contributed by atoms with Crippen LogP contribution in [0.2, 0.25) is 10.0 Å². The Bertz CT molecular complexity index is 797. The van der Waals surface area contributed by atoms with Crippen molar-refractivity contribution >= 4 is 58.2 Å². The van der Waals surface area contributed by atoms with E-state index in [1.54, 1.807) is 24.3 Å². The number of hydrogen-bond donors (Lipinski definition) is 2. The van der Waals surface area contributed by atoms with Gasteiger partial charge in [0.05, 0.1) is 11.5 Å². The fourth-order valence-electron chi connectivity index (χ4n) is 2.02. The van der Waals surface area contributed by atoms with E-state index < -0.39 is 0 Å². The first-order valence-corrected chi connectivity index (χ1v) is 9.46. The third kappa shape index (κ3) is 6.27.